The van der Waals surface area contributed by atoms with E-state index in [2.05, 4.69) is 93.4 Å². The highest BCUT2D eigenvalue weighted by Gasteiger charge is 2.57. The van der Waals surface area contributed by atoms with Crippen molar-refractivity contribution in [1.29, 1.82) is 5.26 Å². The summed E-state index contributed by atoms with van der Waals surface area (Å²) in [5, 5.41) is 9.53. The van der Waals surface area contributed by atoms with Gasteiger partial charge in [0, 0.05) is 37.8 Å². The second kappa shape index (κ2) is 8.03. The average molecular weight is 389 g/mol. The number of benzene rings is 1. The summed E-state index contributed by atoms with van der Waals surface area (Å²) >= 11 is 0. The summed E-state index contributed by atoms with van der Waals surface area (Å²) in [6, 6.07) is 13.0. The summed E-state index contributed by atoms with van der Waals surface area (Å²) in [5.41, 5.74) is 5.27. The minimum Gasteiger partial charge on any atom is -0.374 e. The highest BCUT2D eigenvalue weighted by atomic mass is 15.1. The molecular weight excluding hydrogens is 354 g/mol. The van der Waals surface area contributed by atoms with E-state index >= 15 is 0 Å². The third-order valence-electron chi connectivity index (χ3n) is 7.21. The second-order valence-corrected chi connectivity index (χ2v) is 8.46. The quantitative estimate of drug-likeness (QED) is 0.448. The number of aromatic nitrogens is 1. The number of hydrogen-bond donors (Lipinski definition) is 0. The fraction of sp³-hybridized carbons (Fsp3) is 0.462. The summed E-state index contributed by atoms with van der Waals surface area (Å²) in [5.74, 6) is 0. The van der Waals surface area contributed by atoms with E-state index in [1.807, 2.05) is 6.07 Å². The van der Waals surface area contributed by atoms with Crippen LogP contribution >= 0.6 is 0 Å². The van der Waals surface area contributed by atoms with Crippen LogP contribution in [-0.2, 0) is 11.0 Å². The number of hydrogen-bond acceptors (Lipinski definition) is 2. The molecule has 1 aromatic carbocycles. The van der Waals surface area contributed by atoms with Crippen LogP contribution in [0, 0.1) is 11.3 Å². The lowest BCUT2D eigenvalue weighted by atomic mass is 9.60. The van der Waals surface area contributed by atoms with Crippen molar-refractivity contribution in [1.82, 2.24) is 0 Å². The van der Waals surface area contributed by atoms with E-state index in [4.69, 9.17) is 0 Å². The topological polar surface area (TPSA) is 30.9 Å². The largest absolute Gasteiger partial charge is 0.374 e. The van der Waals surface area contributed by atoms with E-state index in [1.54, 1.807) is 0 Å². The van der Waals surface area contributed by atoms with Crippen molar-refractivity contribution in [2.24, 2.45) is 0 Å². The smallest absolute Gasteiger partial charge is 0.215 e. The zero-order chi connectivity index (χ0) is 21.2. The molecule has 3 rings (SSSR count). The Morgan fingerprint density at radius 2 is 1.93 bits per heavy atom. The number of pyridine rings is 1. The van der Waals surface area contributed by atoms with Crippen LogP contribution in [0.2, 0.25) is 0 Å². The highest BCUT2D eigenvalue weighted by molar-refractivity contribution is 5.70. The minimum absolute atomic E-state index is 0.0971. The van der Waals surface area contributed by atoms with E-state index < -0.39 is 0 Å². The number of nitrogens with zero attached hydrogens (tertiary/aromatic N) is 3. The summed E-state index contributed by atoms with van der Waals surface area (Å²) < 4.78 is 2.41. The maximum atomic E-state index is 9.53. The highest BCUT2D eigenvalue weighted by Crippen LogP contribution is 2.50. The molecule has 0 aliphatic carbocycles. The van der Waals surface area contributed by atoms with E-state index in [9.17, 15) is 5.26 Å². The van der Waals surface area contributed by atoms with Crippen LogP contribution in [0.5, 0.6) is 0 Å². The number of allylic oxidation sites excluding steroid dienone is 1. The van der Waals surface area contributed by atoms with Crippen LogP contribution in [0.3, 0.4) is 0 Å². The van der Waals surface area contributed by atoms with Gasteiger partial charge in [-0.1, -0.05) is 39.8 Å². The van der Waals surface area contributed by atoms with Gasteiger partial charge in [-0.25, -0.2) is 0 Å². The van der Waals surface area contributed by atoms with Crippen LogP contribution < -0.4 is 9.47 Å². The summed E-state index contributed by atoms with van der Waals surface area (Å²) in [6.45, 7) is 14.4. The van der Waals surface area contributed by atoms with E-state index in [0.717, 1.165) is 19.4 Å². The predicted octanol–water partition coefficient (Wildman–Crippen LogP) is 5.72. The molecule has 1 aromatic heterocycles. The Morgan fingerprint density at radius 3 is 2.52 bits per heavy atom. The first kappa shape index (κ1) is 21.1. The molecule has 0 saturated carbocycles. The van der Waals surface area contributed by atoms with Crippen molar-refractivity contribution >= 4 is 5.69 Å². The molecule has 0 radical (unpaired) electrons. The van der Waals surface area contributed by atoms with Gasteiger partial charge >= 0.3 is 0 Å². The molecule has 1 aliphatic heterocycles. The molecule has 152 valence electrons. The Bertz CT molecular complexity index is 955. The molecule has 0 saturated heterocycles. The maximum absolute atomic E-state index is 9.53. The van der Waals surface area contributed by atoms with Crippen molar-refractivity contribution in [2.75, 3.05) is 18.5 Å². The minimum atomic E-state index is -0.210. The molecule has 2 aromatic rings. The summed E-state index contributed by atoms with van der Waals surface area (Å²) in [6.07, 6.45) is 8.69. The average Bonchev–Trinajstić information content (AvgIpc) is 2.77. The molecule has 3 heteroatoms. The standard InChI is InChI=1S/C26H34N3/c1-7-11-15-28(6)21-14-16-29-24(18-21)22-17-20(19-27)12-13-23(22)25(5,8-2)26(29,9-3)10-4/h9,12-14,16-18H,3,7-8,10-11,15H2,1-2,4-6H3/q+1. The molecule has 1 aliphatic rings. The predicted molar refractivity (Wildman–Crippen MR) is 121 cm³/mol. The third-order valence-corrected chi connectivity index (χ3v) is 7.21. The molecule has 2 atom stereocenters. The zero-order valence-electron chi connectivity index (χ0n) is 18.6. The molecule has 0 N–H and O–H groups in total. The number of nitriles is 1. The van der Waals surface area contributed by atoms with Gasteiger partial charge in [0.05, 0.1) is 22.6 Å². The van der Waals surface area contributed by atoms with Gasteiger partial charge in [-0.3, -0.25) is 0 Å². The van der Waals surface area contributed by atoms with Gasteiger partial charge in [0.15, 0.2) is 11.7 Å². The first-order chi connectivity index (χ1) is 13.9. The van der Waals surface area contributed by atoms with Crippen molar-refractivity contribution in [3.8, 4) is 17.3 Å². The fourth-order valence-electron chi connectivity index (χ4n) is 5.14. The van der Waals surface area contributed by atoms with Crippen LogP contribution in [0.25, 0.3) is 11.3 Å². The van der Waals surface area contributed by atoms with Crippen LogP contribution in [0.1, 0.15) is 64.5 Å². The van der Waals surface area contributed by atoms with E-state index in [-0.39, 0.29) is 11.0 Å². The van der Waals surface area contributed by atoms with Crippen LogP contribution in [0.15, 0.2) is 49.2 Å². The monoisotopic (exact) mass is 388 g/mol. The first-order valence-electron chi connectivity index (χ1n) is 10.9. The van der Waals surface area contributed by atoms with Crippen LogP contribution in [-0.4, -0.2) is 13.6 Å². The van der Waals surface area contributed by atoms with Gasteiger partial charge in [-0.15, -0.1) is 0 Å². The molecule has 2 heterocycles. The summed E-state index contributed by atoms with van der Waals surface area (Å²) in [4.78, 5) is 2.33. The lowest BCUT2D eigenvalue weighted by Crippen LogP contribution is -2.68. The number of anilines is 1. The van der Waals surface area contributed by atoms with Gasteiger partial charge in [-0.05, 0) is 43.5 Å². The maximum Gasteiger partial charge on any atom is 0.215 e. The van der Waals surface area contributed by atoms with Crippen molar-refractivity contribution in [3.05, 3.63) is 60.3 Å². The van der Waals surface area contributed by atoms with Gasteiger partial charge in [0.25, 0.3) is 0 Å². The lowest BCUT2D eigenvalue weighted by Gasteiger charge is -2.46. The van der Waals surface area contributed by atoms with Crippen molar-refractivity contribution in [2.45, 2.75) is 64.3 Å². The number of unbranched alkanes of at least 4 members (excludes halogenated alkanes) is 1. The molecular formula is C26H34N3+. The Hall–Kier alpha value is -2.60. The molecule has 0 spiro atoms. The van der Waals surface area contributed by atoms with Gasteiger partial charge in [-0.2, -0.15) is 9.83 Å². The SMILES string of the molecule is C=CC1(CC)[n+]2ccc(N(C)CCCC)cc2-c2cc(C#N)ccc2C1(C)CC. The Morgan fingerprint density at radius 1 is 1.17 bits per heavy atom. The second-order valence-electron chi connectivity index (χ2n) is 8.46. The van der Waals surface area contributed by atoms with Gasteiger partial charge in [0.1, 0.15) is 0 Å². The molecule has 0 amide bonds. The van der Waals surface area contributed by atoms with Crippen LogP contribution in [0.4, 0.5) is 5.69 Å². The van der Waals surface area contributed by atoms with Gasteiger partial charge < -0.3 is 4.90 Å². The normalized spacial score (nSPS) is 22.3. The lowest BCUT2D eigenvalue weighted by molar-refractivity contribution is -0.756. The fourth-order valence-corrected chi connectivity index (χ4v) is 5.14. The first-order valence-corrected chi connectivity index (χ1v) is 10.9. The van der Waals surface area contributed by atoms with Crippen molar-refractivity contribution in [3.63, 3.8) is 0 Å². The Labute approximate surface area is 176 Å². The van der Waals surface area contributed by atoms with Gasteiger partial charge in [0.2, 0.25) is 5.69 Å². The molecule has 0 bridgehead atoms. The Balaban J connectivity index is 2.32. The molecule has 2 unspecified atom stereocenters. The number of fused-ring (bicyclic) bond motifs is 3. The molecule has 0 fully saturated rings. The molecule has 29 heavy (non-hydrogen) atoms. The van der Waals surface area contributed by atoms with E-state index in [1.165, 1.54) is 35.3 Å². The van der Waals surface area contributed by atoms with E-state index in [0.29, 0.717) is 5.56 Å². The van der Waals surface area contributed by atoms with Crippen molar-refractivity contribution < 1.29 is 4.57 Å². The molecule has 3 nitrogen and oxygen atoms in total. The summed E-state index contributed by atoms with van der Waals surface area (Å²) in [7, 11) is 2.16. The Kier molecular flexibility index (Phi) is 5.85. The zero-order valence-corrected chi connectivity index (χ0v) is 18.6. The number of rotatable bonds is 7. The third kappa shape index (κ3) is 3.06.